The van der Waals surface area contributed by atoms with Gasteiger partial charge >= 0.3 is 12.1 Å². The third-order valence-electron chi connectivity index (χ3n) is 6.59. The smallest absolute Gasteiger partial charge is 0.317 e. The Kier molecular flexibility index (Phi) is 5.49. The molecule has 2 aliphatic heterocycles. The first-order chi connectivity index (χ1) is 16.5. The fourth-order valence-corrected chi connectivity index (χ4v) is 5.02. The van der Waals surface area contributed by atoms with Crippen LogP contribution >= 0.6 is 0 Å². The average molecular weight is 459 g/mol. The van der Waals surface area contributed by atoms with Crippen molar-refractivity contribution in [1.29, 1.82) is 0 Å². The summed E-state index contributed by atoms with van der Waals surface area (Å²) in [6, 6.07) is 23.2. The highest BCUT2D eigenvalue weighted by molar-refractivity contribution is 5.82. The lowest BCUT2D eigenvalue weighted by molar-refractivity contribution is 0.0557. The average Bonchev–Trinajstić information content (AvgIpc) is 2.88. The minimum Gasteiger partial charge on any atom is -0.497 e. The van der Waals surface area contributed by atoms with E-state index in [1.165, 1.54) is 0 Å². The van der Waals surface area contributed by atoms with E-state index in [9.17, 15) is 9.59 Å². The molecular formula is C26H26N4O4. The zero-order valence-corrected chi connectivity index (χ0v) is 18.9. The van der Waals surface area contributed by atoms with Gasteiger partial charge in [-0.2, -0.15) is 0 Å². The number of carbonyl (C=O) groups excluding carboxylic acids is 2. The Bertz CT molecular complexity index is 1110. The zero-order valence-electron chi connectivity index (χ0n) is 18.9. The predicted molar refractivity (Wildman–Crippen MR) is 126 cm³/mol. The van der Waals surface area contributed by atoms with E-state index in [0.717, 1.165) is 28.2 Å². The van der Waals surface area contributed by atoms with Crippen LogP contribution in [-0.4, -0.2) is 26.3 Å². The van der Waals surface area contributed by atoms with E-state index in [1.807, 2.05) is 78.9 Å². The molecule has 4 amide bonds. The molecule has 3 aromatic rings. The third kappa shape index (κ3) is 3.67. The van der Waals surface area contributed by atoms with Gasteiger partial charge in [0.15, 0.2) is 0 Å². The van der Waals surface area contributed by atoms with Gasteiger partial charge in [0, 0.05) is 0 Å². The van der Waals surface area contributed by atoms with E-state index >= 15 is 0 Å². The summed E-state index contributed by atoms with van der Waals surface area (Å²) in [7, 11) is 3.23. The summed E-state index contributed by atoms with van der Waals surface area (Å²) in [5.74, 6) is 1.12. The molecule has 0 saturated carbocycles. The van der Waals surface area contributed by atoms with Crippen LogP contribution < -0.4 is 30.7 Å². The Morgan fingerprint density at radius 3 is 1.50 bits per heavy atom. The second-order valence-electron chi connectivity index (χ2n) is 8.40. The Balaban J connectivity index is 1.69. The number of carbonyl (C=O) groups is 2. The summed E-state index contributed by atoms with van der Waals surface area (Å²) in [6.07, 6.45) is 0. The molecule has 8 nitrogen and oxygen atoms in total. The first kappa shape index (κ1) is 21.6. The van der Waals surface area contributed by atoms with Crippen molar-refractivity contribution in [2.45, 2.75) is 17.7 Å². The van der Waals surface area contributed by atoms with Crippen LogP contribution in [0.4, 0.5) is 9.59 Å². The van der Waals surface area contributed by atoms with Crippen LogP contribution in [-0.2, 0) is 5.66 Å². The molecule has 0 aromatic heterocycles. The molecule has 0 radical (unpaired) electrons. The third-order valence-corrected chi connectivity index (χ3v) is 6.59. The van der Waals surface area contributed by atoms with E-state index in [0.29, 0.717) is 0 Å². The molecule has 0 bridgehead atoms. The number of methoxy groups -OCH3 is 2. The Morgan fingerprint density at radius 1 is 0.647 bits per heavy atom. The van der Waals surface area contributed by atoms with Gasteiger partial charge in [-0.15, -0.1) is 0 Å². The van der Waals surface area contributed by atoms with Crippen molar-refractivity contribution in [3.63, 3.8) is 0 Å². The van der Waals surface area contributed by atoms with Crippen LogP contribution in [0.3, 0.4) is 0 Å². The van der Waals surface area contributed by atoms with Crippen LogP contribution in [0.15, 0.2) is 78.9 Å². The molecule has 2 unspecified atom stereocenters. The van der Waals surface area contributed by atoms with Crippen LogP contribution in [0.5, 0.6) is 11.5 Å². The summed E-state index contributed by atoms with van der Waals surface area (Å²) in [4.78, 5) is 26.0. The minimum atomic E-state index is -1.14. The Hall–Kier alpha value is -4.20. The highest BCUT2D eigenvalue weighted by atomic mass is 16.5. The van der Waals surface area contributed by atoms with Gasteiger partial charge in [0.2, 0.25) is 0 Å². The topological polar surface area (TPSA) is 101 Å². The van der Waals surface area contributed by atoms with Crippen molar-refractivity contribution < 1.29 is 19.1 Å². The maximum Gasteiger partial charge on any atom is 0.317 e. The lowest BCUT2D eigenvalue weighted by Gasteiger charge is -2.54. The van der Waals surface area contributed by atoms with E-state index in [1.54, 1.807) is 14.2 Å². The van der Waals surface area contributed by atoms with Crippen molar-refractivity contribution in [3.05, 3.63) is 95.6 Å². The zero-order chi connectivity index (χ0) is 23.7. The summed E-state index contributed by atoms with van der Waals surface area (Å²) in [6.45, 7) is 0. The van der Waals surface area contributed by atoms with Crippen molar-refractivity contribution >= 4 is 12.1 Å². The number of urea groups is 2. The minimum absolute atomic E-state index is 0.327. The summed E-state index contributed by atoms with van der Waals surface area (Å²) in [5, 5.41) is 12.3. The summed E-state index contributed by atoms with van der Waals surface area (Å²) in [5.41, 5.74) is 1.46. The molecule has 34 heavy (non-hydrogen) atoms. The molecule has 174 valence electrons. The molecule has 3 aromatic carbocycles. The Morgan fingerprint density at radius 2 is 1.09 bits per heavy atom. The Labute approximate surface area is 197 Å². The van der Waals surface area contributed by atoms with Gasteiger partial charge < -0.3 is 30.7 Å². The number of hydrogen-bond donors (Lipinski definition) is 4. The number of amides is 4. The molecule has 5 rings (SSSR count). The highest BCUT2D eigenvalue weighted by Gasteiger charge is 2.57. The molecule has 2 fully saturated rings. The number of fused-ring (bicyclic) bond motifs is 1. The molecule has 4 atom stereocenters. The molecule has 2 aliphatic rings. The lowest BCUT2D eigenvalue weighted by Crippen LogP contribution is -2.75. The van der Waals surface area contributed by atoms with Gasteiger partial charge in [0.1, 0.15) is 17.2 Å². The quantitative estimate of drug-likeness (QED) is 0.470. The van der Waals surface area contributed by atoms with Gasteiger partial charge in [-0.1, -0.05) is 54.6 Å². The maximum atomic E-state index is 13.0. The first-order valence-electron chi connectivity index (χ1n) is 11.0. The number of rotatable bonds is 5. The second kappa shape index (κ2) is 8.62. The molecule has 8 heteroatoms. The van der Waals surface area contributed by atoms with Gasteiger partial charge in [0.05, 0.1) is 32.2 Å². The SMILES string of the molecule is COc1ccc([C@H]2NC(=O)NC3(c4ccccc4)NC(=O)N[C@@H](c4ccc(OC)cc4)C23)cc1. The van der Waals surface area contributed by atoms with Crippen molar-refractivity contribution in [2.75, 3.05) is 14.2 Å². The molecule has 0 aliphatic carbocycles. The highest BCUT2D eigenvalue weighted by Crippen LogP contribution is 2.48. The maximum absolute atomic E-state index is 13.0. The van der Waals surface area contributed by atoms with Crippen LogP contribution in [0.2, 0.25) is 0 Å². The second-order valence-corrected chi connectivity index (χ2v) is 8.40. The number of benzene rings is 3. The van der Waals surface area contributed by atoms with E-state index in [2.05, 4.69) is 21.3 Å². The summed E-state index contributed by atoms with van der Waals surface area (Å²) >= 11 is 0. The monoisotopic (exact) mass is 458 g/mol. The number of ether oxygens (including phenoxy) is 2. The fourth-order valence-electron chi connectivity index (χ4n) is 5.02. The fraction of sp³-hybridized carbons (Fsp3) is 0.231. The van der Waals surface area contributed by atoms with Crippen molar-refractivity contribution in [2.24, 2.45) is 5.92 Å². The van der Waals surface area contributed by atoms with Gasteiger partial charge in [-0.3, -0.25) is 0 Å². The van der Waals surface area contributed by atoms with Crippen LogP contribution in [0.25, 0.3) is 0 Å². The van der Waals surface area contributed by atoms with E-state index in [-0.39, 0.29) is 18.0 Å². The first-order valence-corrected chi connectivity index (χ1v) is 11.0. The number of nitrogens with one attached hydrogen (secondary N) is 4. The van der Waals surface area contributed by atoms with Gasteiger partial charge in [0.25, 0.3) is 0 Å². The van der Waals surface area contributed by atoms with Crippen LogP contribution in [0, 0.1) is 5.92 Å². The number of hydrogen-bond acceptors (Lipinski definition) is 4. The van der Waals surface area contributed by atoms with E-state index < -0.39 is 17.7 Å². The lowest BCUT2D eigenvalue weighted by atomic mass is 9.70. The molecule has 2 heterocycles. The van der Waals surface area contributed by atoms with Crippen molar-refractivity contribution in [3.8, 4) is 11.5 Å². The van der Waals surface area contributed by atoms with Gasteiger partial charge in [-0.05, 0) is 41.0 Å². The molecule has 4 N–H and O–H groups in total. The molecule has 2 saturated heterocycles. The summed E-state index contributed by atoms with van der Waals surface area (Å²) < 4.78 is 10.6. The standard InChI is InChI=1S/C26H26N4O4/c1-33-19-12-8-16(9-13-19)22-21-23(17-10-14-20(34-2)15-11-17)28-25(32)30-26(21,29-24(31)27-22)18-6-4-3-5-7-18/h3-15,21-23H,1-2H3,(H2,27,29,31)(H2,28,30,32)/t21?,22-,23+,26?. The van der Waals surface area contributed by atoms with Gasteiger partial charge in [-0.25, -0.2) is 9.59 Å². The molecular weight excluding hydrogens is 432 g/mol. The predicted octanol–water partition coefficient (Wildman–Crippen LogP) is 3.58. The normalized spacial score (nSPS) is 25.6. The van der Waals surface area contributed by atoms with Crippen LogP contribution in [0.1, 0.15) is 28.8 Å². The molecule has 0 spiro atoms. The van der Waals surface area contributed by atoms with Crippen molar-refractivity contribution in [1.82, 2.24) is 21.3 Å². The van der Waals surface area contributed by atoms with E-state index in [4.69, 9.17) is 9.47 Å². The largest absolute Gasteiger partial charge is 0.497 e.